The maximum absolute atomic E-state index is 13.1. The zero-order valence-corrected chi connectivity index (χ0v) is 11.8. The van der Waals surface area contributed by atoms with Gasteiger partial charge in [-0.2, -0.15) is 0 Å². The van der Waals surface area contributed by atoms with Crippen molar-refractivity contribution in [1.29, 1.82) is 0 Å². The molecule has 0 radical (unpaired) electrons. The number of hydrogen-bond acceptors (Lipinski definition) is 3. The first-order valence-electron chi connectivity index (χ1n) is 5.43. The van der Waals surface area contributed by atoms with E-state index >= 15 is 0 Å². The minimum absolute atomic E-state index is 0.179. The molecule has 1 unspecified atom stereocenters. The van der Waals surface area contributed by atoms with Gasteiger partial charge in [-0.05, 0) is 30.2 Å². The van der Waals surface area contributed by atoms with Gasteiger partial charge in [-0.25, -0.2) is 4.39 Å². The number of amides is 1. The summed E-state index contributed by atoms with van der Waals surface area (Å²) in [6.07, 6.45) is 0. The van der Waals surface area contributed by atoms with E-state index in [0.717, 1.165) is 0 Å². The van der Waals surface area contributed by atoms with E-state index < -0.39 is 17.3 Å². The summed E-state index contributed by atoms with van der Waals surface area (Å²) in [5, 5.41) is 6.27. The van der Waals surface area contributed by atoms with Crippen LogP contribution in [0.25, 0.3) is 10.4 Å². The van der Waals surface area contributed by atoms with E-state index in [-0.39, 0.29) is 13.1 Å². The lowest BCUT2D eigenvalue weighted by molar-refractivity contribution is -0.124. The number of azide groups is 1. The van der Waals surface area contributed by atoms with Crippen LogP contribution >= 0.6 is 15.9 Å². The van der Waals surface area contributed by atoms with Gasteiger partial charge >= 0.3 is 0 Å². The van der Waals surface area contributed by atoms with Crippen molar-refractivity contribution in [1.82, 2.24) is 5.32 Å². The second-order valence-electron chi connectivity index (χ2n) is 3.99. The molecule has 1 aromatic carbocycles. The average molecular weight is 330 g/mol. The zero-order valence-electron chi connectivity index (χ0n) is 10.2. The highest BCUT2D eigenvalue weighted by atomic mass is 79.9. The number of nitrogens with one attached hydrogen (secondary N) is 1. The van der Waals surface area contributed by atoms with Gasteiger partial charge < -0.3 is 5.73 Å². The van der Waals surface area contributed by atoms with Gasteiger partial charge in [-0.3, -0.25) is 10.1 Å². The van der Waals surface area contributed by atoms with Crippen molar-refractivity contribution in [3.8, 4) is 0 Å². The lowest BCUT2D eigenvalue weighted by Crippen LogP contribution is -2.51. The van der Waals surface area contributed by atoms with Crippen LogP contribution < -0.4 is 11.1 Å². The Labute approximate surface area is 117 Å². The number of nitrogens with two attached hydrogens (primary N) is 1. The first-order valence-corrected chi connectivity index (χ1v) is 6.22. The third kappa shape index (κ3) is 3.66. The van der Waals surface area contributed by atoms with Gasteiger partial charge in [0.1, 0.15) is 11.4 Å². The Balaban J connectivity index is 3.04. The fraction of sp³-hybridized carbons (Fsp3) is 0.364. The summed E-state index contributed by atoms with van der Waals surface area (Å²) in [5.74, 6) is -1.03. The van der Waals surface area contributed by atoms with E-state index in [1.807, 2.05) is 0 Å². The van der Waals surface area contributed by atoms with Crippen LogP contribution in [-0.2, 0) is 10.3 Å². The Morgan fingerprint density at radius 2 is 2.37 bits per heavy atom. The molecule has 0 fully saturated rings. The van der Waals surface area contributed by atoms with Crippen molar-refractivity contribution in [3.63, 3.8) is 0 Å². The molecule has 1 aromatic rings. The van der Waals surface area contributed by atoms with Crippen molar-refractivity contribution in [2.75, 3.05) is 13.1 Å². The fourth-order valence-electron chi connectivity index (χ4n) is 1.61. The normalized spacial score (nSPS) is 13.4. The molecule has 1 atom stereocenters. The molecule has 0 aliphatic carbocycles. The highest BCUT2D eigenvalue weighted by molar-refractivity contribution is 9.10. The molecule has 0 bridgehead atoms. The molecular formula is C11H13BrFN5O. The maximum Gasteiger partial charge on any atom is 0.242 e. The van der Waals surface area contributed by atoms with Crippen LogP contribution in [0.5, 0.6) is 0 Å². The molecule has 19 heavy (non-hydrogen) atoms. The maximum atomic E-state index is 13.1. The number of halogens is 2. The SMILES string of the molecule is CC(NCCN=[N+]=[N-])(C(N)=O)c1ccc(F)cc1Br. The number of carbonyl (C=O) groups excluding carboxylic acids is 1. The van der Waals surface area contributed by atoms with Crippen LogP contribution in [0.1, 0.15) is 12.5 Å². The van der Waals surface area contributed by atoms with E-state index in [0.29, 0.717) is 10.0 Å². The monoisotopic (exact) mass is 329 g/mol. The van der Waals surface area contributed by atoms with E-state index in [9.17, 15) is 9.18 Å². The van der Waals surface area contributed by atoms with Crippen molar-refractivity contribution in [3.05, 3.63) is 44.5 Å². The number of primary amides is 1. The summed E-state index contributed by atoms with van der Waals surface area (Å²) >= 11 is 3.20. The Morgan fingerprint density at radius 1 is 1.68 bits per heavy atom. The molecule has 0 spiro atoms. The number of rotatable bonds is 6. The van der Waals surface area contributed by atoms with E-state index in [1.54, 1.807) is 6.92 Å². The third-order valence-corrected chi connectivity index (χ3v) is 3.37. The largest absolute Gasteiger partial charge is 0.368 e. The van der Waals surface area contributed by atoms with Crippen LogP contribution in [0.2, 0.25) is 0 Å². The van der Waals surface area contributed by atoms with Crippen LogP contribution in [-0.4, -0.2) is 19.0 Å². The highest BCUT2D eigenvalue weighted by Crippen LogP contribution is 2.28. The predicted octanol–water partition coefficient (Wildman–Crippen LogP) is 2.19. The van der Waals surface area contributed by atoms with Gasteiger partial charge in [0.05, 0.1) is 0 Å². The quantitative estimate of drug-likeness (QED) is 0.361. The van der Waals surface area contributed by atoms with Crippen LogP contribution in [0, 0.1) is 5.82 Å². The standard InChI is InChI=1S/C11H13BrFN5O/c1-11(10(14)19,16-4-5-17-18-15)8-3-2-7(13)6-9(8)12/h2-3,6,16H,4-5H2,1H3,(H2,14,19). The highest BCUT2D eigenvalue weighted by Gasteiger charge is 2.34. The zero-order chi connectivity index (χ0) is 14.5. The topological polar surface area (TPSA) is 104 Å². The first-order chi connectivity index (χ1) is 8.91. The summed E-state index contributed by atoms with van der Waals surface area (Å²) in [7, 11) is 0. The van der Waals surface area contributed by atoms with Gasteiger partial charge in [-0.1, -0.05) is 27.1 Å². The molecule has 1 rings (SSSR count). The van der Waals surface area contributed by atoms with Crippen molar-refractivity contribution >= 4 is 21.8 Å². The van der Waals surface area contributed by atoms with Gasteiger partial charge in [0.15, 0.2) is 0 Å². The molecule has 0 aromatic heterocycles. The predicted molar refractivity (Wildman–Crippen MR) is 72.7 cm³/mol. The molecule has 3 N–H and O–H groups in total. The minimum Gasteiger partial charge on any atom is -0.368 e. The molecule has 0 aliphatic heterocycles. The third-order valence-electron chi connectivity index (χ3n) is 2.72. The molecule has 0 heterocycles. The molecule has 0 saturated carbocycles. The van der Waals surface area contributed by atoms with Crippen molar-refractivity contribution in [2.24, 2.45) is 10.8 Å². The van der Waals surface area contributed by atoms with Gasteiger partial charge in [0.2, 0.25) is 5.91 Å². The Hall–Kier alpha value is -1.63. The fourth-order valence-corrected chi connectivity index (χ4v) is 2.36. The molecule has 6 nitrogen and oxygen atoms in total. The molecule has 102 valence electrons. The molecular weight excluding hydrogens is 317 g/mol. The second kappa shape index (κ2) is 6.51. The summed E-state index contributed by atoms with van der Waals surface area (Å²) in [6, 6.07) is 3.98. The summed E-state index contributed by atoms with van der Waals surface area (Å²) < 4.78 is 13.5. The van der Waals surface area contributed by atoms with Crippen LogP contribution in [0.15, 0.2) is 27.8 Å². The van der Waals surface area contributed by atoms with Crippen LogP contribution in [0.4, 0.5) is 4.39 Å². The summed E-state index contributed by atoms with van der Waals surface area (Å²) in [6.45, 7) is 2.04. The lowest BCUT2D eigenvalue weighted by Gasteiger charge is -2.29. The molecule has 0 saturated heterocycles. The second-order valence-corrected chi connectivity index (χ2v) is 4.85. The number of benzene rings is 1. The van der Waals surface area contributed by atoms with Gasteiger partial charge in [0.25, 0.3) is 0 Å². The van der Waals surface area contributed by atoms with E-state index in [1.165, 1.54) is 18.2 Å². The van der Waals surface area contributed by atoms with E-state index in [2.05, 4.69) is 31.3 Å². The number of nitrogens with zero attached hydrogens (tertiary/aromatic N) is 3. The Kier molecular flexibility index (Phi) is 5.29. The first kappa shape index (κ1) is 15.4. The smallest absolute Gasteiger partial charge is 0.242 e. The van der Waals surface area contributed by atoms with Crippen LogP contribution in [0.3, 0.4) is 0 Å². The van der Waals surface area contributed by atoms with Gasteiger partial charge in [0, 0.05) is 22.5 Å². The summed E-state index contributed by atoms with van der Waals surface area (Å²) in [4.78, 5) is 14.3. The average Bonchev–Trinajstić information content (AvgIpc) is 2.34. The Morgan fingerprint density at radius 3 is 2.89 bits per heavy atom. The lowest BCUT2D eigenvalue weighted by atomic mass is 9.91. The molecule has 8 heteroatoms. The molecule has 0 aliphatic rings. The summed E-state index contributed by atoms with van der Waals surface area (Å²) in [5.41, 5.74) is 12.9. The van der Waals surface area contributed by atoms with E-state index in [4.69, 9.17) is 11.3 Å². The number of carbonyl (C=O) groups is 1. The molecule has 1 amide bonds. The Bertz CT molecular complexity index is 532. The van der Waals surface area contributed by atoms with Crippen molar-refractivity contribution in [2.45, 2.75) is 12.5 Å². The van der Waals surface area contributed by atoms with Crippen molar-refractivity contribution < 1.29 is 9.18 Å². The minimum atomic E-state index is -1.18. The number of hydrogen-bond donors (Lipinski definition) is 2. The van der Waals surface area contributed by atoms with Gasteiger partial charge in [-0.15, -0.1) is 0 Å².